The molecule has 1 heterocycles. The summed E-state index contributed by atoms with van der Waals surface area (Å²) in [5, 5.41) is 0.895. The number of hydrogen-bond acceptors (Lipinski definition) is 2. The van der Waals surface area contributed by atoms with Crippen molar-refractivity contribution in [3.63, 3.8) is 0 Å². The Balaban J connectivity index is 0.00000161. The van der Waals surface area contributed by atoms with Crippen LogP contribution in [-0.4, -0.2) is 29.9 Å². The van der Waals surface area contributed by atoms with E-state index in [9.17, 15) is 4.79 Å². The minimum absolute atomic E-state index is 0. The second-order valence-corrected chi connectivity index (χ2v) is 6.67. The molecule has 0 bridgehead atoms. The van der Waals surface area contributed by atoms with Gasteiger partial charge >= 0.3 is 0 Å². The van der Waals surface area contributed by atoms with Crippen LogP contribution in [0.4, 0.5) is 0 Å². The van der Waals surface area contributed by atoms with Gasteiger partial charge in [-0.15, -0.1) is 12.4 Å². The van der Waals surface area contributed by atoms with Crippen molar-refractivity contribution in [1.29, 1.82) is 0 Å². The molecule has 0 radical (unpaired) electrons. The van der Waals surface area contributed by atoms with Gasteiger partial charge in [-0.2, -0.15) is 0 Å². The Kier molecular flexibility index (Phi) is 5.42. The zero-order valence-corrected chi connectivity index (χ0v) is 13.9. The average Bonchev–Trinajstić information content (AvgIpc) is 2.86. The molecule has 1 aliphatic heterocycles. The van der Waals surface area contributed by atoms with Gasteiger partial charge in [0, 0.05) is 24.7 Å². The molecule has 1 saturated heterocycles. The lowest BCUT2D eigenvalue weighted by atomic mass is 9.78. The number of carbonyl (C=O) groups is 1. The predicted octanol–water partition coefficient (Wildman–Crippen LogP) is 3.61. The minimum Gasteiger partial charge on any atom is -0.338 e. The Hall–Kier alpha value is -0.480. The molecule has 6 heteroatoms. The fourth-order valence-corrected chi connectivity index (χ4v) is 3.79. The summed E-state index contributed by atoms with van der Waals surface area (Å²) in [6.07, 6.45) is 3.44. The Labute approximate surface area is 141 Å². The summed E-state index contributed by atoms with van der Waals surface area (Å²) in [4.78, 5) is 14.5. The maximum Gasteiger partial charge on any atom is 0.253 e. The molecule has 0 spiro atoms. The van der Waals surface area contributed by atoms with E-state index in [2.05, 4.69) is 0 Å². The Bertz CT molecular complexity index is 538. The van der Waals surface area contributed by atoms with Crippen LogP contribution in [0, 0.1) is 11.8 Å². The number of nitrogens with zero attached hydrogens (tertiary/aromatic N) is 1. The molecule has 2 aliphatic rings. The third-order valence-electron chi connectivity index (χ3n) is 4.61. The molecule has 3 unspecified atom stereocenters. The van der Waals surface area contributed by atoms with E-state index in [4.69, 9.17) is 28.9 Å². The molecule has 2 fully saturated rings. The summed E-state index contributed by atoms with van der Waals surface area (Å²) in [6, 6.07) is 5.29. The Morgan fingerprint density at radius 2 is 1.95 bits per heavy atom. The second kappa shape index (κ2) is 6.74. The van der Waals surface area contributed by atoms with Gasteiger partial charge in [0.1, 0.15) is 0 Å². The quantitative estimate of drug-likeness (QED) is 0.842. The molecule has 3 rings (SSSR count). The number of benzene rings is 1. The van der Waals surface area contributed by atoms with Crippen LogP contribution in [-0.2, 0) is 0 Å². The lowest BCUT2D eigenvalue weighted by molar-refractivity contribution is 0.0783. The number of halogens is 3. The van der Waals surface area contributed by atoms with Crippen molar-refractivity contribution in [2.45, 2.75) is 25.3 Å². The van der Waals surface area contributed by atoms with E-state index in [0.29, 0.717) is 27.4 Å². The van der Waals surface area contributed by atoms with E-state index in [1.807, 2.05) is 4.90 Å². The summed E-state index contributed by atoms with van der Waals surface area (Å²) in [5.74, 6) is 1.05. The van der Waals surface area contributed by atoms with Gasteiger partial charge in [-0.25, -0.2) is 0 Å². The van der Waals surface area contributed by atoms with Crippen molar-refractivity contribution in [3.8, 4) is 0 Å². The van der Waals surface area contributed by atoms with Crippen LogP contribution >= 0.6 is 35.6 Å². The molecule has 1 aliphatic carbocycles. The molecule has 0 aromatic heterocycles. The third-order valence-corrected chi connectivity index (χ3v) is 5.35. The van der Waals surface area contributed by atoms with Crippen molar-refractivity contribution in [2.75, 3.05) is 13.1 Å². The molecule has 1 aromatic rings. The smallest absolute Gasteiger partial charge is 0.253 e. The van der Waals surface area contributed by atoms with Crippen LogP contribution in [0.3, 0.4) is 0 Å². The first kappa shape index (κ1) is 16.9. The number of hydrogen-bond donors (Lipinski definition) is 1. The van der Waals surface area contributed by atoms with Crippen LogP contribution < -0.4 is 5.73 Å². The normalized spacial score (nSPS) is 28.0. The third kappa shape index (κ3) is 3.31. The average molecular weight is 350 g/mol. The van der Waals surface area contributed by atoms with Gasteiger partial charge in [-0.3, -0.25) is 4.79 Å². The van der Waals surface area contributed by atoms with Crippen LogP contribution in [0.15, 0.2) is 18.2 Å². The highest BCUT2D eigenvalue weighted by molar-refractivity contribution is 6.42. The first-order chi connectivity index (χ1) is 9.56. The van der Waals surface area contributed by atoms with Crippen molar-refractivity contribution in [1.82, 2.24) is 4.90 Å². The predicted molar refractivity (Wildman–Crippen MR) is 88.4 cm³/mol. The van der Waals surface area contributed by atoms with E-state index >= 15 is 0 Å². The van der Waals surface area contributed by atoms with Crippen molar-refractivity contribution >= 4 is 41.5 Å². The molecule has 3 nitrogen and oxygen atoms in total. The number of rotatable bonds is 1. The van der Waals surface area contributed by atoms with Gasteiger partial charge in [0.25, 0.3) is 5.91 Å². The highest BCUT2D eigenvalue weighted by Gasteiger charge is 2.40. The highest BCUT2D eigenvalue weighted by Crippen LogP contribution is 2.36. The summed E-state index contributed by atoms with van der Waals surface area (Å²) in [6.45, 7) is 1.59. The molecule has 21 heavy (non-hydrogen) atoms. The van der Waals surface area contributed by atoms with Crippen molar-refractivity contribution < 1.29 is 4.79 Å². The van der Waals surface area contributed by atoms with E-state index in [0.717, 1.165) is 19.5 Å². The summed E-state index contributed by atoms with van der Waals surface area (Å²) < 4.78 is 0. The van der Waals surface area contributed by atoms with Crippen LogP contribution in [0.25, 0.3) is 0 Å². The maximum atomic E-state index is 12.5. The minimum atomic E-state index is 0. The van der Waals surface area contributed by atoms with Crippen LogP contribution in [0.2, 0.25) is 10.0 Å². The van der Waals surface area contributed by atoms with E-state index in [-0.39, 0.29) is 24.4 Å². The molecule has 1 aromatic carbocycles. The highest BCUT2D eigenvalue weighted by atomic mass is 35.5. The molecule has 2 N–H and O–H groups in total. The maximum absolute atomic E-state index is 12.5. The monoisotopic (exact) mass is 348 g/mol. The fraction of sp³-hybridized carbons (Fsp3) is 0.533. The van der Waals surface area contributed by atoms with Crippen molar-refractivity contribution in [3.05, 3.63) is 33.8 Å². The molecular weight excluding hydrogens is 331 g/mol. The molecule has 116 valence electrons. The lowest BCUT2D eigenvalue weighted by Gasteiger charge is -2.29. The first-order valence-corrected chi connectivity index (χ1v) is 7.82. The summed E-state index contributed by atoms with van der Waals surface area (Å²) in [5.41, 5.74) is 6.79. The molecule has 1 amide bonds. The molecular formula is C15H19Cl3N2O. The lowest BCUT2D eigenvalue weighted by Crippen LogP contribution is -2.38. The van der Waals surface area contributed by atoms with E-state index in [1.165, 1.54) is 12.8 Å². The van der Waals surface area contributed by atoms with Crippen LogP contribution in [0.5, 0.6) is 0 Å². The number of likely N-dealkylation sites (tertiary alicyclic amines) is 1. The number of amides is 1. The second-order valence-electron chi connectivity index (χ2n) is 5.86. The summed E-state index contributed by atoms with van der Waals surface area (Å²) >= 11 is 11.9. The van der Waals surface area contributed by atoms with Gasteiger partial charge in [-0.1, -0.05) is 29.6 Å². The number of carbonyl (C=O) groups excluding carboxylic acids is 1. The van der Waals surface area contributed by atoms with Gasteiger partial charge < -0.3 is 10.6 Å². The van der Waals surface area contributed by atoms with Gasteiger partial charge in [0.05, 0.1) is 10.0 Å². The topological polar surface area (TPSA) is 46.3 Å². The van der Waals surface area contributed by atoms with Crippen LogP contribution in [0.1, 0.15) is 29.6 Å². The SMILES string of the molecule is Cl.NC1CCCC2CN(C(=O)c3ccc(Cl)c(Cl)c3)CC12. The van der Waals surface area contributed by atoms with Gasteiger partial charge in [0.15, 0.2) is 0 Å². The standard InChI is InChI=1S/C15H18Cl2N2O.ClH/c16-12-5-4-9(6-13(12)17)15(20)19-7-10-2-1-3-14(18)11(10)8-19;/h4-6,10-11,14H,1-3,7-8,18H2;1H. The summed E-state index contributed by atoms with van der Waals surface area (Å²) in [7, 11) is 0. The van der Waals surface area contributed by atoms with E-state index < -0.39 is 0 Å². The fourth-order valence-electron chi connectivity index (χ4n) is 3.49. The largest absolute Gasteiger partial charge is 0.338 e. The molecule has 3 atom stereocenters. The Morgan fingerprint density at radius 1 is 1.19 bits per heavy atom. The van der Waals surface area contributed by atoms with Crippen molar-refractivity contribution in [2.24, 2.45) is 17.6 Å². The zero-order chi connectivity index (χ0) is 14.3. The number of nitrogens with two attached hydrogens (primary N) is 1. The Morgan fingerprint density at radius 3 is 2.62 bits per heavy atom. The molecule has 1 saturated carbocycles. The zero-order valence-electron chi connectivity index (χ0n) is 11.6. The first-order valence-electron chi connectivity index (χ1n) is 7.06. The number of fused-ring (bicyclic) bond motifs is 1. The van der Waals surface area contributed by atoms with Gasteiger partial charge in [0.2, 0.25) is 0 Å². The van der Waals surface area contributed by atoms with Gasteiger partial charge in [-0.05, 0) is 42.9 Å². The van der Waals surface area contributed by atoms with E-state index in [1.54, 1.807) is 18.2 Å².